The van der Waals surface area contributed by atoms with E-state index < -0.39 is 12.3 Å². The molecule has 0 fully saturated rings. The smallest absolute Gasteiger partial charge is 0.264 e. The maximum atomic E-state index is 13.9. The summed E-state index contributed by atoms with van der Waals surface area (Å²) in [5.41, 5.74) is 2.31. The average molecular weight is 490 g/mol. The first-order valence-corrected chi connectivity index (χ1v) is 11.2. The van der Waals surface area contributed by atoms with E-state index in [1.165, 1.54) is 22.9 Å². The first-order valence-electron chi connectivity index (χ1n) is 11.2. The normalized spacial score (nSPS) is 11.4. The molecule has 5 aromatic rings. The van der Waals surface area contributed by atoms with Crippen LogP contribution in [0.25, 0.3) is 22.3 Å². The van der Waals surface area contributed by atoms with Crippen molar-refractivity contribution in [3.63, 3.8) is 0 Å². The molecule has 0 aliphatic rings. The molecule has 1 N–H and O–H groups in total. The molecule has 7 nitrogen and oxygen atoms in total. The van der Waals surface area contributed by atoms with Gasteiger partial charge in [0.15, 0.2) is 11.5 Å². The molecule has 10 heteroatoms. The molecule has 0 aliphatic carbocycles. The molecule has 5 rings (SSSR count). The van der Waals surface area contributed by atoms with E-state index in [-0.39, 0.29) is 29.0 Å². The van der Waals surface area contributed by atoms with Gasteiger partial charge >= 0.3 is 0 Å². The number of carbonyl (C=O) groups is 1. The quantitative estimate of drug-likeness (QED) is 0.333. The minimum atomic E-state index is -2.73. The summed E-state index contributed by atoms with van der Waals surface area (Å²) in [6, 6.07) is 18.1. The molecule has 1 amide bonds. The predicted octanol–water partition coefficient (Wildman–Crippen LogP) is 5.37. The maximum Gasteiger partial charge on any atom is 0.264 e. The number of pyridine rings is 1. The Balaban J connectivity index is 1.38. The first-order chi connectivity index (χ1) is 17.4. The summed E-state index contributed by atoms with van der Waals surface area (Å²) in [5, 5.41) is 11.6. The number of alkyl halides is 2. The van der Waals surface area contributed by atoms with Crippen molar-refractivity contribution < 1.29 is 18.0 Å². The Hall–Kier alpha value is -4.47. The molecule has 0 saturated heterocycles. The van der Waals surface area contributed by atoms with Crippen molar-refractivity contribution in [1.82, 2.24) is 24.5 Å². The number of aromatic nitrogens is 5. The fourth-order valence-corrected chi connectivity index (χ4v) is 4.04. The lowest BCUT2D eigenvalue weighted by molar-refractivity contribution is -0.116. The van der Waals surface area contributed by atoms with Crippen molar-refractivity contribution in [2.24, 2.45) is 0 Å². The number of hydrogen-bond acceptors (Lipinski definition) is 4. The van der Waals surface area contributed by atoms with Gasteiger partial charge in [-0.15, -0.1) is 0 Å². The third kappa shape index (κ3) is 4.83. The van der Waals surface area contributed by atoms with Crippen LogP contribution in [-0.2, 0) is 17.9 Å². The summed E-state index contributed by atoms with van der Waals surface area (Å²) in [5.74, 6) is -0.432. The van der Waals surface area contributed by atoms with Crippen LogP contribution in [0.15, 0.2) is 72.9 Å². The highest BCUT2D eigenvalue weighted by molar-refractivity contribution is 5.91. The van der Waals surface area contributed by atoms with Crippen LogP contribution in [0.4, 0.5) is 19.0 Å². The molecule has 0 aliphatic heterocycles. The predicted molar refractivity (Wildman–Crippen MR) is 129 cm³/mol. The van der Waals surface area contributed by atoms with Crippen LogP contribution in [0.3, 0.4) is 0 Å². The van der Waals surface area contributed by atoms with Crippen molar-refractivity contribution in [2.45, 2.75) is 26.4 Å². The number of nitrogens with one attached hydrogen (secondary N) is 1. The largest absolute Gasteiger partial charge is 0.308 e. The van der Waals surface area contributed by atoms with Crippen molar-refractivity contribution in [3.8, 4) is 11.3 Å². The molecule has 36 heavy (non-hydrogen) atoms. The van der Waals surface area contributed by atoms with E-state index in [1.807, 2.05) is 6.07 Å². The highest BCUT2D eigenvalue weighted by atomic mass is 19.3. The van der Waals surface area contributed by atoms with Crippen LogP contribution < -0.4 is 5.32 Å². The van der Waals surface area contributed by atoms with Gasteiger partial charge in [0, 0.05) is 23.4 Å². The molecule has 0 spiro atoms. The maximum absolute atomic E-state index is 13.9. The number of amides is 1. The van der Waals surface area contributed by atoms with Crippen LogP contribution in [-0.4, -0.2) is 30.5 Å². The third-order valence-electron chi connectivity index (χ3n) is 5.67. The van der Waals surface area contributed by atoms with E-state index in [0.717, 1.165) is 5.56 Å². The van der Waals surface area contributed by atoms with Crippen LogP contribution in [0.1, 0.15) is 23.2 Å². The van der Waals surface area contributed by atoms with Crippen molar-refractivity contribution in [1.29, 1.82) is 0 Å². The Kier molecular flexibility index (Phi) is 6.24. The number of hydrogen-bond donors (Lipinski definition) is 1. The van der Waals surface area contributed by atoms with E-state index in [1.54, 1.807) is 60.3 Å². The van der Waals surface area contributed by atoms with E-state index in [4.69, 9.17) is 0 Å². The summed E-state index contributed by atoms with van der Waals surface area (Å²) in [4.78, 5) is 17.3. The second-order valence-corrected chi connectivity index (χ2v) is 8.28. The third-order valence-corrected chi connectivity index (χ3v) is 5.67. The fourth-order valence-electron chi connectivity index (χ4n) is 4.04. The lowest BCUT2D eigenvalue weighted by atomic mass is 10.1. The van der Waals surface area contributed by atoms with Gasteiger partial charge in [0.25, 0.3) is 6.43 Å². The van der Waals surface area contributed by atoms with Crippen LogP contribution in [0, 0.1) is 12.7 Å². The summed E-state index contributed by atoms with van der Waals surface area (Å²) in [6.45, 7) is 1.79. The van der Waals surface area contributed by atoms with Gasteiger partial charge in [0.2, 0.25) is 5.91 Å². The number of aryl methyl sites for hydroxylation is 1. The number of nitrogens with zero attached hydrogens (tertiary/aromatic N) is 5. The van der Waals surface area contributed by atoms with E-state index in [0.29, 0.717) is 29.3 Å². The molecule has 0 radical (unpaired) electrons. The van der Waals surface area contributed by atoms with E-state index in [2.05, 4.69) is 20.5 Å². The number of fused-ring (bicyclic) bond motifs is 1. The highest BCUT2D eigenvalue weighted by Crippen LogP contribution is 2.33. The van der Waals surface area contributed by atoms with Gasteiger partial charge in [0.05, 0.1) is 23.3 Å². The molecule has 182 valence electrons. The lowest BCUT2D eigenvalue weighted by Gasteiger charge is -2.09. The first kappa shape index (κ1) is 23.3. The second-order valence-electron chi connectivity index (χ2n) is 8.28. The molecular formula is C26H21F3N6O. The number of halogens is 3. The zero-order valence-electron chi connectivity index (χ0n) is 19.2. The molecule has 0 bridgehead atoms. The minimum absolute atomic E-state index is 0.178. The van der Waals surface area contributed by atoms with Gasteiger partial charge < -0.3 is 5.32 Å². The monoisotopic (exact) mass is 490 g/mol. The van der Waals surface area contributed by atoms with Gasteiger partial charge in [-0.1, -0.05) is 42.5 Å². The van der Waals surface area contributed by atoms with Crippen LogP contribution >= 0.6 is 0 Å². The van der Waals surface area contributed by atoms with E-state index in [9.17, 15) is 18.0 Å². The molecule has 3 aromatic heterocycles. The zero-order chi connectivity index (χ0) is 25.2. The van der Waals surface area contributed by atoms with Gasteiger partial charge in [-0.05, 0) is 30.7 Å². The highest BCUT2D eigenvalue weighted by Gasteiger charge is 2.22. The molecule has 3 heterocycles. The Morgan fingerprint density at radius 3 is 2.50 bits per heavy atom. The van der Waals surface area contributed by atoms with E-state index >= 15 is 0 Å². The number of anilines is 1. The van der Waals surface area contributed by atoms with Crippen LogP contribution in [0.5, 0.6) is 0 Å². The second kappa shape index (κ2) is 9.65. The summed E-state index contributed by atoms with van der Waals surface area (Å²) >= 11 is 0. The Morgan fingerprint density at radius 2 is 1.78 bits per heavy atom. The average Bonchev–Trinajstić information content (AvgIpc) is 3.43. The Bertz CT molecular complexity index is 1530. The Labute approximate surface area is 204 Å². The standard InChI is InChI=1S/C26H21F3N6O/c1-16-24-20(25(28)29)13-21(18-5-3-2-4-6-18)30-26(24)35(32-16)15-23(36)31-22-11-12-34(33-22)14-17-7-9-19(27)10-8-17/h2-13,25H,14-15H2,1H3,(H,31,33,36). The fraction of sp³-hybridized carbons (Fsp3) is 0.154. The van der Waals surface area contributed by atoms with Crippen molar-refractivity contribution in [3.05, 3.63) is 95.6 Å². The molecular weight excluding hydrogens is 469 g/mol. The number of benzene rings is 2. The molecule has 0 saturated carbocycles. The minimum Gasteiger partial charge on any atom is -0.308 e. The summed E-state index contributed by atoms with van der Waals surface area (Å²) in [7, 11) is 0. The topological polar surface area (TPSA) is 77.6 Å². The van der Waals surface area contributed by atoms with Gasteiger partial charge in [-0.3, -0.25) is 9.48 Å². The van der Waals surface area contributed by atoms with Gasteiger partial charge in [-0.25, -0.2) is 22.8 Å². The number of rotatable bonds is 7. The van der Waals surface area contributed by atoms with Gasteiger partial charge in [-0.2, -0.15) is 10.2 Å². The van der Waals surface area contributed by atoms with Gasteiger partial charge in [0.1, 0.15) is 12.4 Å². The molecule has 0 unspecified atom stereocenters. The van der Waals surface area contributed by atoms with Crippen LogP contribution in [0.2, 0.25) is 0 Å². The molecule has 2 aromatic carbocycles. The Morgan fingerprint density at radius 1 is 1.03 bits per heavy atom. The SMILES string of the molecule is Cc1nn(CC(=O)Nc2ccn(Cc3ccc(F)cc3)n2)c2nc(-c3ccccc3)cc(C(F)F)c12. The molecule has 0 atom stereocenters. The summed E-state index contributed by atoms with van der Waals surface area (Å²) in [6.07, 6.45) is -1.04. The lowest BCUT2D eigenvalue weighted by Crippen LogP contribution is -2.20. The zero-order valence-corrected chi connectivity index (χ0v) is 19.2. The van der Waals surface area contributed by atoms with Crippen molar-refractivity contribution >= 4 is 22.8 Å². The number of carbonyl (C=O) groups excluding carboxylic acids is 1. The summed E-state index contributed by atoms with van der Waals surface area (Å²) < 4.78 is 43.9. The van der Waals surface area contributed by atoms with Crippen molar-refractivity contribution in [2.75, 3.05) is 5.32 Å².